The second kappa shape index (κ2) is 8.61. The van der Waals surface area contributed by atoms with E-state index in [4.69, 9.17) is 9.47 Å². The zero-order chi connectivity index (χ0) is 19.4. The largest absolute Gasteiger partial charge is 0.486 e. The number of carboxylic acid groups (broad SMARTS) is 1. The van der Waals surface area contributed by atoms with Gasteiger partial charge < -0.3 is 24.8 Å². The maximum atomic E-state index is 12.7. The Morgan fingerprint density at radius 1 is 1.30 bits per heavy atom. The summed E-state index contributed by atoms with van der Waals surface area (Å²) < 4.78 is 11.8. The molecule has 0 aromatic heterocycles. The Labute approximate surface area is 159 Å². The molecule has 1 saturated carbocycles. The Kier molecular flexibility index (Phi) is 6.21. The lowest BCUT2D eigenvalue weighted by Crippen LogP contribution is -2.64. The van der Waals surface area contributed by atoms with Crippen LogP contribution in [-0.4, -0.2) is 60.0 Å². The number of carboxylic acids is 1. The molecule has 3 rings (SSSR count). The number of aliphatic carboxylic acids is 1. The molecular weight excluding hydrogens is 348 g/mol. The zero-order valence-electron chi connectivity index (χ0n) is 15.8. The van der Waals surface area contributed by atoms with E-state index in [0.717, 1.165) is 5.75 Å². The van der Waals surface area contributed by atoms with Gasteiger partial charge in [-0.2, -0.15) is 0 Å². The summed E-state index contributed by atoms with van der Waals surface area (Å²) in [6.07, 6.45) is 0.917. The second-order valence-corrected chi connectivity index (χ2v) is 7.34. The Morgan fingerprint density at radius 2 is 2.04 bits per heavy atom. The first kappa shape index (κ1) is 19.5. The number of carbonyl (C=O) groups excluding carboxylic acids is 1. The predicted molar refractivity (Wildman–Crippen MR) is 99.7 cm³/mol. The van der Waals surface area contributed by atoms with Crippen molar-refractivity contribution in [1.29, 1.82) is 0 Å². The van der Waals surface area contributed by atoms with Gasteiger partial charge in [0.2, 0.25) is 0 Å². The second-order valence-electron chi connectivity index (χ2n) is 7.34. The van der Waals surface area contributed by atoms with Crippen molar-refractivity contribution in [2.45, 2.75) is 44.9 Å². The molecule has 0 bridgehead atoms. The lowest BCUT2D eigenvalue weighted by Gasteiger charge is -2.45. The van der Waals surface area contributed by atoms with E-state index in [0.29, 0.717) is 32.5 Å². The fourth-order valence-corrected chi connectivity index (χ4v) is 3.86. The van der Waals surface area contributed by atoms with E-state index in [1.165, 1.54) is 0 Å². The molecule has 1 aliphatic heterocycles. The van der Waals surface area contributed by atoms with E-state index in [2.05, 4.69) is 5.32 Å². The Bertz CT molecular complexity index is 653. The lowest BCUT2D eigenvalue weighted by atomic mass is 9.84. The van der Waals surface area contributed by atoms with Crippen molar-refractivity contribution in [1.82, 2.24) is 10.2 Å². The molecule has 1 heterocycles. The summed E-state index contributed by atoms with van der Waals surface area (Å²) in [4.78, 5) is 25.6. The van der Waals surface area contributed by atoms with Crippen LogP contribution < -0.4 is 10.1 Å². The average Bonchev–Trinajstić information content (AvgIpc) is 2.65. The summed E-state index contributed by atoms with van der Waals surface area (Å²) in [6.45, 7) is 5.33. The van der Waals surface area contributed by atoms with E-state index < -0.39 is 5.97 Å². The minimum Gasteiger partial charge on any atom is -0.486 e. The van der Waals surface area contributed by atoms with E-state index in [-0.39, 0.29) is 36.1 Å². The van der Waals surface area contributed by atoms with Gasteiger partial charge in [0.15, 0.2) is 0 Å². The van der Waals surface area contributed by atoms with Crippen LogP contribution in [0.25, 0.3) is 0 Å². The van der Waals surface area contributed by atoms with Crippen LogP contribution in [0.3, 0.4) is 0 Å². The minimum absolute atomic E-state index is 0.0443. The highest BCUT2D eigenvalue weighted by molar-refractivity contribution is 5.76. The molecule has 7 heteroatoms. The molecule has 7 nitrogen and oxygen atoms in total. The van der Waals surface area contributed by atoms with Crippen molar-refractivity contribution in [3.8, 4) is 5.75 Å². The normalized spacial score (nSPS) is 30.3. The van der Waals surface area contributed by atoms with Crippen LogP contribution >= 0.6 is 0 Å². The smallest absolute Gasteiger partial charge is 0.317 e. The van der Waals surface area contributed by atoms with E-state index in [1.807, 2.05) is 44.2 Å². The maximum Gasteiger partial charge on any atom is 0.317 e. The molecule has 5 atom stereocenters. The fourth-order valence-electron chi connectivity index (χ4n) is 3.86. The molecule has 27 heavy (non-hydrogen) atoms. The number of nitrogens with one attached hydrogen (secondary N) is 1. The quantitative estimate of drug-likeness (QED) is 0.796. The molecule has 0 spiro atoms. The number of hydrogen-bond acceptors (Lipinski definition) is 4. The van der Waals surface area contributed by atoms with Gasteiger partial charge in [-0.05, 0) is 31.4 Å². The topological polar surface area (TPSA) is 88.1 Å². The highest BCUT2D eigenvalue weighted by Gasteiger charge is 2.45. The van der Waals surface area contributed by atoms with Crippen LogP contribution in [0.4, 0.5) is 4.79 Å². The van der Waals surface area contributed by atoms with Crippen LogP contribution in [0.1, 0.15) is 26.7 Å². The first-order valence-corrected chi connectivity index (χ1v) is 9.61. The number of ether oxygens (including phenoxy) is 2. The van der Waals surface area contributed by atoms with Crippen LogP contribution in [0, 0.1) is 11.8 Å². The number of benzene rings is 1. The van der Waals surface area contributed by atoms with Gasteiger partial charge in [0.1, 0.15) is 11.9 Å². The average molecular weight is 376 g/mol. The molecule has 2 aliphatic rings. The zero-order valence-corrected chi connectivity index (χ0v) is 15.8. The maximum absolute atomic E-state index is 12.7. The summed E-state index contributed by atoms with van der Waals surface area (Å²) in [5.74, 6) is -0.468. The first-order chi connectivity index (χ1) is 13.0. The third kappa shape index (κ3) is 4.53. The van der Waals surface area contributed by atoms with Gasteiger partial charge in [0.25, 0.3) is 0 Å². The van der Waals surface area contributed by atoms with Crippen molar-refractivity contribution >= 4 is 12.0 Å². The molecule has 1 aliphatic carbocycles. The van der Waals surface area contributed by atoms with Gasteiger partial charge in [0.05, 0.1) is 18.1 Å². The Balaban J connectivity index is 1.57. The number of amides is 2. The van der Waals surface area contributed by atoms with Crippen molar-refractivity contribution in [3.63, 3.8) is 0 Å². The summed E-state index contributed by atoms with van der Waals surface area (Å²) >= 11 is 0. The summed E-state index contributed by atoms with van der Waals surface area (Å²) in [6, 6.07) is 9.23. The first-order valence-electron chi connectivity index (χ1n) is 9.61. The molecule has 0 radical (unpaired) electrons. The minimum atomic E-state index is -0.780. The summed E-state index contributed by atoms with van der Waals surface area (Å²) in [7, 11) is 0. The SMILES string of the molecule is CCOC1CC(NC(=O)N2CCC(C(=O)O)C(C)C2)C1Oc1ccccc1. The van der Waals surface area contributed by atoms with Crippen molar-refractivity contribution < 1.29 is 24.2 Å². The van der Waals surface area contributed by atoms with Crippen molar-refractivity contribution in [3.05, 3.63) is 30.3 Å². The molecule has 2 N–H and O–H groups in total. The van der Waals surface area contributed by atoms with Crippen molar-refractivity contribution in [2.75, 3.05) is 19.7 Å². The third-order valence-electron chi connectivity index (χ3n) is 5.46. The number of urea groups is 1. The monoisotopic (exact) mass is 376 g/mol. The van der Waals surface area contributed by atoms with Gasteiger partial charge in [-0.15, -0.1) is 0 Å². The summed E-state index contributed by atoms with van der Waals surface area (Å²) in [5, 5.41) is 12.3. The van der Waals surface area contributed by atoms with Crippen LogP contribution in [0.5, 0.6) is 5.75 Å². The van der Waals surface area contributed by atoms with Crippen LogP contribution in [0.2, 0.25) is 0 Å². The molecule has 148 valence electrons. The number of likely N-dealkylation sites (tertiary alicyclic amines) is 1. The summed E-state index contributed by atoms with van der Waals surface area (Å²) in [5.41, 5.74) is 0. The van der Waals surface area contributed by atoms with Gasteiger partial charge >= 0.3 is 12.0 Å². The molecule has 5 unspecified atom stereocenters. The lowest BCUT2D eigenvalue weighted by molar-refractivity contribution is -0.145. The standard InChI is InChI=1S/C20H28N2O5/c1-3-26-17-11-16(18(17)27-14-7-5-4-6-8-14)21-20(25)22-10-9-15(19(23)24)13(2)12-22/h4-8,13,15-18H,3,9-12H2,1-2H3,(H,21,25)(H,23,24). The van der Waals surface area contributed by atoms with Gasteiger partial charge in [-0.25, -0.2) is 4.79 Å². The number of rotatable bonds is 6. The highest BCUT2D eigenvalue weighted by Crippen LogP contribution is 2.30. The number of carbonyl (C=O) groups is 2. The van der Waals surface area contributed by atoms with E-state index in [9.17, 15) is 14.7 Å². The molecule has 2 amide bonds. The highest BCUT2D eigenvalue weighted by atomic mass is 16.5. The molecule has 2 fully saturated rings. The Hall–Kier alpha value is -2.28. The van der Waals surface area contributed by atoms with Gasteiger partial charge in [0, 0.05) is 26.1 Å². The number of piperidine rings is 1. The van der Waals surface area contributed by atoms with Gasteiger partial charge in [-0.1, -0.05) is 25.1 Å². The molecule has 1 aromatic carbocycles. The Morgan fingerprint density at radius 3 is 2.67 bits per heavy atom. The van der Waals surface area contributed by atoms with E-state index in [1.54, 1.807) is 4.90 Å². The molecule has 1 aromatic rings. The molecular formula is C20H28N2O5. The number of nitrogens with zero attached hydrogens (tertiary/aromatic N) is 1. The number of hydrogen-bond donors (Lipinski definition) is 2. The van der Waals surface area contributed by atoms with E-state index >= 15 is 0 Å². The van der Waals surface area contributed by atoms with Crippen LogP contribution in [0.15, 0.2) is 30.3 Å². The fraction of sp³-hybridized carbons (Fsp3) is 0.600. The van der Waals surface area contributed by atoms with Crippen molar-refractivity contribution in [2.24, 2.45) is 11.8 Å². The van der Waals surface area contributed by atoms with Crippen LogP contribution in [-0.2, 0) is 9.53 Å². The molecule has 1 saturated heterocycles. The third-order valence-corrected chi connectivity index (χ3v) is 5.46. The predicted octanol–water partition coefficient (Wildman–Crippen LogP) is 2.36. The van der Waals surface area contributed by atoms with Gasteiger partial charge in [-0.3, -0.25) is 4.79 Å². The number of para-hydroxylation sites is 1.